The van der Waals surface area contributed by atoms with E-state index >= 15 is 0 Å². The van der Waals surface area contributed by atoms with Crippen molar-refractivity contribution in [2.45, 2.75) is 49.7 Å². The van der Waals surface area contributed by atoms with E-state index in [-0.39, 0.29) is 23.8 Å². The molecule has 4 rings (SSSR count). The van der Waals surface area contributed by atoms with Crippen LogP contribution in [0.2, 0.25) is 0 Å². The van der Waals surface area contributed by atoms with Gasteiger partial charge in [0.15, 0.2) is 5.96 Å². The first-order chi connectivity index (χ1) is 21.6. The van der Waals surface area contributed by atoms with Gasteiger partial charge in [-0.3, -0.25) is 15.1 Å². The van der Waals surface area contributed by atoms with Crippen LogP contribution in [-0.2, 0) is 11.0 Å². The van der Waals surface area contributed by atoms with Gasteiger partial charge in [-0.05, 0) is 54.2 Å². The standard InChI is InChI=1S/C34H41F3N6O2/c35-34(36,37)27-14-7-9-24(21-27)16-17-31(44)41-22-28-18-20-43(32(45)30(42-28)15-8-19-40-33(38)39)23-29(25-10-3-1-4-11-25)26-12-5-2-6-13-26/h1-7,9-14,16-17,21,28-31,41-42,44H,8,15,18-20,22-23H2,(H4,38,39,40)/b17-16+/t28-,30-,31?/m0/s1. The van der Waals surface area contributed by atoms with Crippen LogP contribution in [0.1, 0.15) is 47.4 Å². The number of rotatable bonds is 13. The number of aliphatic imine (C=N–C) groups is 1. The third-order valence-electron chi connectivity index (χ3n) is 7.80. The zero-order valence-electron chi connectivity index (χ0n) is 25.0. The molecule has 0 bridgehead atoms. The maximum absolute atomic E-state index is 13.9. The van der Waals surface area contributed by atoms with E-state index in [2.05, 4.69) is 39.9 Å². The lowest BCUT2D eigenvalue weighted by Crippen LogP contribution is -2.49. The Hall–Kier alpha value is -4.19. The van der Waals surface area contributed by atoms with Crippen molar-refractivity contribution in [2.24, 2.45) is 16.5 Å². The monoisotopic (exact) mass is 622 g/mol. The molecule has 1 unspecified atom stereocenters. The van der Waals surface area contributed by atoms with Crippen LogP contribution in [0.3, 0.4) is 0 Å². The third-order valence-corrected chi connectivity index (χ3v) is 7.80. The van der Waals surface area contributed by atoms with Crippen LogP contribution in [0, 0.1) is 0 Å². The summed E-state index contributed by atoms with van der Waals surface area (Å²) in [5.74, 6) is -0.0280. The third kappa shape index (κ3) is 10.4. The highest BCUT2D eigenvalue weighted by molar-refractivity contribution is 5.82. The van der Waals surface area contributed by atoms with Crippen LogP contribution < -0.4 is 22.1 Å². The summed E-state index contributed by atoms with van der Waals surface area (Å²) in [6, 6.07) is 24.5. The zero-order chi connectivity index (χ0) is 32.2. The summed E-state index contributed by atoms with van der Waals surface area (Å²) in [6.07, 6.45) is -0.959. The highest BCUT2D eigenvalue weighted by atomic mass is 19.4. The topological polar surface area (TPSA) is 129 Å². The molecule has 1 amide bonds. The van der Waals surface area contributed by atoms with Crippen LogP contribution in [0.15, 0.2) is 96.0 Å². The van der Waals surface area contributed by atoms with Gasteiger partial charge >= 0.3 is 6.18 Å². The van der Waals surface area contributed by atoms with Crippen LogP contribution in [0.5, 0.6) is 0 Å². The molecule has 1 aliphatic rings. The molecular formula is C34H41F3N6O2. The van der Waals surface area contributed by atoms with Crippen molar-refractivity contribution in [3.63, 3.8) is 0 Å². The lowest BCUT2D eigenvalue weighted by Gasteiger charge is -2.29. The van der Waals surface area contributed by atoms with Gasteiger partial charge in [0.1, 0.15) is 6.23 Å². The van der Waals surface area contributed by atoms with E-state index in [4.69, 9.17) is 11.5 Å². The van der Waals surface area contributed by atoms with Crippen LogP contribution in [-0.4, -0.2) is 66.4 Å². The number of benzene rings is 3. The summed E-state index contributed by atoms with van der Waals surface area (Å²) >= 11 is 0. The van der Waals surface area contributed by atoms with Crippen molar-refractivity contribution in [3.8, 4) is 0 Å². The second kappa shape index (κ2) is 16.2. The van der Waals surface area contributed by atoms with Gasteiger partial charge in [-0.15, -0.1) is 0 Å². The lowest BCUT2D eigenvalue weighted by molar-refractivity contribution is -0.137. The number of aliphatic hydroxyl groups excluding tert-OH is 1. The molecule has 45 heavy (non-hydrogen) atoms. The molecule has 3 atom stereocenters. The first-order valence-corrected chi connectivity index (χ1v) is 15.1. The van der Waals surface area contributed by atoms with E-state index in [1.54, 1.807) is 0 Å². The molecule has 3 aromatic rings. The van der Waals surface area contributed by atoms with Gasteiger partial charge in [0.25, 0.3) is 0 Å². The molecule has 7 N–H and O–H groups in total. The highest BCUT2D eigenvalue weighted by Crippen LogP contribution is 2.30. The Morgan fingerprint density at radius 3 is 2.33 bits per heavy atom. The molecule has 1 saturated heterocycles. The Kier molecular flexibility index (Phi) is 12.1. The van der Waals surface area contributed by atoms with Gasteiger partial charge in [-0.25, -0.2) is 0 Å². The van der Waals surface area contributed by atoms with E-state index in [0.29, 0.717) is 51.0 Å². The Balaban J connectivity index is 1.45. The minimum atomic E-state index is -4.45. The van der Waals surface area contributed by atoms with Gasteiger partial charge < -0.3 is 26.8 Å². The first kappa shape index (κ1) is 33.7. The molecule has 11 heteroatoms. The van der Waals surface area contributed by atoms with Crippen molar-refractivity contribution in [1.29, 1.82) is 0 Å². The molecule has 0 spiro atoms. The van der Waals surface area contributed by atoms with E-state index < -0.39 is 24.0 Å². The van der Waals surface area contributed by atoms with Crippen LogP contribution in [0.25, 0.3) is 6.08 Å². The molecule has 0 saturated carbocycles. The van der Waals surface area contributed by atoms with E-state index in [0.717, 1.165) is 23.3 Å². The second-order valence-electron chi connectivity index (χ2n) is 11.1. The van der Waals surface area contributed by atoms with Gasteiger partial charge in [-0.2, -0.15) is 13.2 Å². The molecule has 0 radical (unpaired) electrons. The Labute approximate surface area is 262 Å². The molecule has 1 heterocycles. The van der Waals surface area contributed by atoms with Gasteiger partial charge in [0.05, 0.1) is 11.6 Å². The van der Waals surface area contributed by atoms with Gasteiger partial charge in [0, 0.05) is 38.1 Å². The van der Waals surface area contributed by atoms with Crippen molar-refractivity contribution in [1.82, 2.24) is 15.5 Å². The van der Waals surface area contributed by atoms with Crippen molar-refractivity contribution >= 4 is 17.9 Å². The quantitative estimate of drug-likeness (QED) is 0.0847. The molecule has 0 aliphatic carbocycles. The smallest absolute Gasteiger partial charge is 0.375 e. The minimum Gasteiger partial charge on any atom is -0.375 e. The maximum atomic E-state index is 13.9. The molecular weight excluding hydrogens is 581 g/mol. The summed E-state index contributed by atoms with van der Waals surface area (Å²) in [4.78, 5) is 19.9. The number of alkyl halides is 3. The van der Waals surface area contributed by atoms with Crippen molar-refractivity contribution in [2.75, 3.05) is 26.2 Å². The lowest BCUT2D eigenvalue weighted by atomic mass is 9.90. The highest BCUT2D eigenvalue weighted by Gasteiger charge is 2.33. The Morgan fingerprint density at radius 1 is 1.04 bits per heavy atom. The number of nitrogens with one attached hydrogen (secondary N) is 2. The van der Waals surface area contributed by atoms with Crippen molar-refractivity contribution < 1.29 is 23.1 Å². The number of aliphatic hydroxyl groups is 1. The summed E-state index contributed by atoms with van der Waals surface area (Å²) in [5, 5.41) is 17.0. The number of nitrogens with zero attached hydrogens (tertiary/aromatic N) is 2. The fourth-order valence-electron chi connectivity index (χ4n) is 5.48. The summed E-state index contributed by atoms with van der Waals surface area (Å²) in [7, 11) is 0. The molecule has 0 aromatic heterocycles. The largest absolute Gasteiger partial charge is 0.416 e. The number of amides is 1. The van der Waals surface area contributed by atoms with Crippen LogP contribution >= 0.6 is 0 Å². The number of hydrogen-bond acceptors (Lipinski definition) is 5. The van der Waals surface area contributed by atoms with Crippen molar-refractivity contribution in [3.05, 3.63) is 113 Å². The Morgan fingerprint density at radius 2 is 1.71 bits per heavy atom. The van der Waals surface area contributed by atoms with Gasteiger partial charge in [0.2, 0.25) is 5.91 Å². The summed E-state index contributed by atoms with van der Waals surface area (Å²) < 4.78 is 39.2. The predicted molar refractivity (Wildman–Crippen MR) is 171 cm³/mol. The number of hydrogen-bond donors (Lipinski definition) is 5. The molecule has 3 aromatic carbocycles. The number of carbonyl (C=O) groups excluding carboxylic acids is 1. The molecule has 1 aliphatic heterocycles. The normalized spacial score (nSPS) is 18.2. The number of halogens is 3. The van der Waals surface area contributed by atoms with E-state index in [9.17, 15) is 23.1 Å². The first-order valence-electron chi connectivity index (χ1n) is 15.1. The summed E-state index contributed by atoms with van der Waals surface area (Å²) in [5.41, 5.74) is 12.8. The average molecular weight is 623 g/mol. The average Bonchev–Trinajstić information content (AvgIpc) is 3.18. The number of nitrogens with two attached hydrogens (primary N) is 2. The molecule has 240 valence electrons. The minimum absolute atomic E-state index is 0.000376. The van der Waals surface area contributed by atoms with E-state index in [1.807, 2.05) is 41.3 Å². The zero-order valence-corrected chi connectivity index (χ0v) is 25.0. The molecule has 1 fully saturated rings. The Bertz CT molecular complexity index is 1370. The fraction of sp³-hybridized carbons (Fsp3) is 0.353. The van der Waals surface area contributed by atoms with E-state index in [1.165, 1.54) is 24.3 Å². The second-order valence-corrected chi connectivity index (χ2v) is 11.1. The number of carbonyl (C=O) groups is 1. The van der Waals surface area contributed by atoms with Crippen LogP contribution in [0.4, 0.5) is 13.2 Å². The predicted octanol–water partition coefficient (Wildman–Crippen LogP) is 4.07. The summed E-state index contributed by atoms with van der Waals surface area (Å²) in [6.45, 7) is 1.74. The number of guanidine groups is 1. The fourth-order valence-corrected chi connectivity index (χ4v) is 5.48. The van der Waals surface area contributed by atoms with Gasteiger partial charge in [-0.1, -0.05) is 78.9 Å². The SMILES string of the molecule is NC(N)=NCCC[C@@H]1N[C@H](CNC(O)/C=C/c2cccc(C(F)(F)F)c2)CCN(CC(c2ccccc2)c2ccccc2)C1=O. The molecule has 8 nitrogen and oxygen atoms in total. The maximum Gasteiger partial charge on any atom is 0.416 e.